The van der Waals surface area contributed by atoms with Gasteiger partial charge >= 0.3 is 0 Å². The monoisotopic (exact) mass is 527 g/mol. The number of nitrogens with zero attached hydrogens (tertiary/aromatic N) is 2. The Morgan fingerprint density at radius 1 is 0.879 bits per heavy atom. The van der Waals surface area contributed by atoms with E-state index in [1.165, 1.54) is 6.33 Å². The lowest BCUT2D eigenvalue weighted by Crippen LogP contribution is -2.01. The number of halogens is 2. The molecule has 3 aromatic carbocycles. The molecule has 0 atom stereocenters. The van der Waals surface area contributed by atoms with E-state index in [0.717, 1.165) is 26.6 Å². The smallest absolute Gasteiger partial charge is 0.163 e. The zero-order valence-electron chi connectivity index (χ0n) is 18.3. The van der Waals surface area contributed by atoms with Gasteiger partial charge in [-0.2, -0.15) is 0 Å². The minimum atomic E-state index is 0.410. The van der Waals surface area contributed by atoms with Crippen molar-refractivity contribution in [1.29, 1.82) is 0 Å². The van der Waals surface area contributed by atoms with E-state index in [4.69, 9.17) is 25.8 Å². The molecule has 0 saturated carbocycles. The molecule has 0 fully saturated rings. The van der Waals surface area contributed by atoms with Crippen LogP contribution in [0.15, 0.2) is 65.4 Å². The molecule has 0 bridgehead atoms. The maximum absolute atomic E-state index is 6.50. The molecule has 0 radical (unpaired) electrons. The van der Waals surface area contributed by atoms with Crippen LogP contribution in [0.3, 0.4) is 0 Å². The van der Waals surface area contributed by atoms with E-state index in [1.807, 2.05) is 68.4 Å². The van der Waals surface area contributed by atoms with Crippen LogP contribution in [-0.4, -0.2) is 23.2 Å². The summed E-state index contributed by atoms with van der Waals surface area (Å²) in [5, 5.41) is 4.64. The average Bonchev–Trinajstić information content (AvgIpc) is 2.81. The van der Waals surface area contributed by atoms with Gasteiger partial charge in [-0.1, -0.05) is 45.7 Å². The molecule has 33 heavy (non-hydrogen) atoms. The number of aromatic nitrogens is 2. The van der Waals surface area contributed by atoms with Gasteiger partial charge in [0.05, 0.1) is 23.8 Å². The predicted octanol–water partition coefficient (Wildman–Crippen LogP) is 7.17. The van der Waals surface area contributed by atoms with Gasteiger partial charge in [0, 0.05) is 27.2 Å². The second-order valence-electron chi connectivity index (χ2n) is 7.05. The summed E-state index contributed by atoms with van der Waals surface area (Å²) in [4.78, 5) is 8.80. The normalized spacial score (nSPS) is 10.8. The van der Waals surface area contributed by atoms with Crippen molar-refractivity contribution in [2.75, 3.05) is 18.5 Å². The molecular weight excluding hydrogens is 506 g/mol. The second-order valence-corrected chi connectivity index (χ2v) is 8.32. The summed E-state index contributed by atoms with van der Waals surface area (Å²) in [6.45, 7) is 5.34. The van der Waals surface area contributed by atoms with Crippen molar-refractivity contribution in [3.63, 3.8) is 0 Å². The molecule has 0 amide bonds. The highest BCUT2D eigenvalue weighted by molar-refractivity contribution is 9.10. The van der Waals surface area contributed by atoms with Crippen LogP contribution in [0.1, 0.15) is 19.4 Å². The van der Waals surface area contributed by atoms with E-state index in [2.05, 4.69) is 31.2 Å². The van der Waals surface area contributed by atoms with Crippen LogP contribution in [0.4, 0.5) is 11.5 Å². The highest BCUT2D eigenvalue weighted by atomic mass is 79.9. The largest absolute Gasteiger partial charge is 0.490 e. The van der Waals surface area contributed by atoms with Crippen molar-refractivity contribution in [1.82, 2.24) is 9.97 Å². The van der Waals surface area contributed by atoms with Crippen molar-refractivity contribution >= 4 is 49.9 Å². The Labute approximate surface area is 206 Å². The number of rotatable bonds is 9. The third kappa shape index (κ3) is 5.49. The van der Waals surface area contributed by atoms with Crippen molar-refractivity contribution in [3.8, 4) is 17.2 Å². The Morgan fingerprint density at radius 3 is 2.36 bits per heavy atom. The lowest BCUT2D eigenvalue weighted by atomic mass is 10.2. The Bertz CT molecular complexity index is 1270. The topological polar surface area (TPSA) is 65.5 Å². The molecule has 0 spiro atoms. The summed E-state index contributed by atoms with van der Waals surface area (Å²) < 4.78 is 18.4. The molecule has 0 unspecified atom stereocenters. The van der Waals surface area contributed by atoms with Crippen molar-refractivity contribution < 1.29 is 14.2 Å². The summed E-state index contributed by atoms with van der Waals surface area (Å²) in [6, 6.07) is 17.2. The van der Waals surface area contributed by atoms with Crippen LogP contribution < -0.4 is 19.5 Å². The quantitative estimate of drug-likeness (QED) is 0.248. The molecule has 4 rings (SSSR count). The molecule has 6 nitrogen and oxygen atoms in total. The number of nitrogens with one attached hydrogen (secondary N) is 1. The Hall–Kier alpha value is -3.03. The van der Waals surface area contributed by atoms with Gasteiger partial charge < -0.3 is 19.5 Å². The van der Waals surface area contributed by atoms with Crippen LogP contribution in [0.2, 0.25) is 5.02 Å². The SMILES string of the molecule is CCOc1cc2ncnc(Nc3ccc(OCc4ccccc4Br)c(Cl)c3)c2cc1OCC. The van der Waals surface area contributed by atoms with Crippen LogP contribution in [0.5, 0.6) is 17.2 Å². The molecule has 0 saturated heterocycles. The van der Waals surface area contributed by atoms with Gasteiger partial charge in [0.25, 0.3) is 0 Å². The zero-order chi connectivity index (χ0) is 23.2. The molecular formula is C25H23BrClN3O3. The molecule has 4 aromatic rings. The molecule has 1 aromatic heterocycles. The fraction of sp³-hybridized carbons (Fsp3) is 0.200. The third-order valence-electron chi connectivity index (χ3n) is 4.84. The van der Waals surface area contributed by atoms with E-state index in [9.17, 15) is 0 Å². The molecule has 8 heteroatoms. The molecule has 0 aliphatic rings. The number of anilines is 2. The van der Waals surface area contributed by atoms with Crippen LogP contribution in [-0.2, 0) is 6.61 Å². The van der Waals surface area contributed by atoms with E-state index in [0.29, 0.717) is 47.9 Å². The lowest BCUT2D eigenvalue weighted by Gasteiger charge is -2.14. The minimum Gasteiger partial charge on any atom is -0.490 e. The highest BCUT2D eigenvalue weighted by Crippen LogP contribution is 2.36. The number of fused-ring (bicyclic) bond motifs is 1. The first-order valence-electron chi connectivity index (χ1n) is 10.6. The van der Waals surface area contributed by atoms with Crippen LogP contribution in [0, 0.1) is 0 Å². The molecule has 1 heterocycles. The minimum absolute atomic E-state index is 0.410. The van der Waals surface area contributed by atoms with Gasteiger partial charge in [0.2, 0.25) is 0 Å². The van der Waals surface area contributed by atoms with E-state index in [-0.39, 0.29) is 0 Å². The highest BCUT2D eigenvalue weighted by Gasteiger charge is 2.13. The fourth-order valence-corrected chi connectivity index (χ4v) is 3.94. The molecule has 170 valence electrons. The number of benzene rings is 3. The maximum Gasteiger partial charge on any atom is 0.163 e. The first-order valence-corrected chi connectivity index (χ1v) is 11.7. The fourth-order valence-electron chi connectivity index (χ4n) is 3.30. The third-order valence-corrected chi connectivity index (χ3v) is 5.91. The standard InChI is InChI=1S/C25H23BrClN3O3/c1-3-31-23-12-18-21(13-24(23)32-4-2)28-15-29-25(18)30-17-9-10-22(20(27)11-17)33-14-16-7-5-6-8-19(16)26/h5-13,15H,3-4,14H2,1-2H3,(H,28,29,30). The van der Waals surface area contributed by atoms with E-state index in [1.54, 1.807) is 0 Å². The lowest BCUT2D eigenvalue weighted by molar-refractivity contribution is 0.288. The van der Waals surface area contributed by atoms with Gasteiger partial charge in [-0.15, -0.1) is 0 Å². The second kappa shape index (κ2) is 10.7. The first-order chi connectivity index (χ1) is 16.1. The molecule has 1 N–H and O–H groups in total. The number of hydrogen-bond donors (Lipinski definition) is 1. The van der Waals surface area contributed by atoms with E-state index >= 15 is 0 Å². The van der Waals surface area contributed by atoms with Gasteiger partial charge in [0.15, 0.2) is 11.5 Å². The van der Waals surface area contributed by atoms with Gasteiger partial charge in [-0.05, 0) is 44.2 Å². The van der Waals surface area contributed by atoms with Gasteiger partial charge in [0.1, 0.15) is 24.5 Å². The summed E-state index contributed by atoms with van der Waals surface area (Å²) in [5.41, 5.74) is 2.57. The zero-order valence-corrected chi connectivity index (χ0v) is 20.6. The Morgan fingerprint density at radius 2 is 1.64 bits per heavy atom. The predicted molar refractivity (Wildman–Crippen MR) is 135 cm³/mol. The molecule has 0 aliphatic heterocycles. The van der Waals surface area contributed by atoms with Crippen molar-refractivity contribution in [2.45, 2.75) is 20.5 Å². The van der Waals surface area contributed by atoms with Crippen molar-refractivity contribution in [2.24, 2.45) is 0 Å². The van der Waals surface area contributed by atoms with E-state index < -0.39 is 0 Å². The molecule has 0 aliphatic carbocycles. The Balaban J connectivity index is 1.57. The van der Waals surface area contributed by atoms with Crippen LogP contribution in [0.25, 0.3) is 10.9 Å². The number of hydrogen-bond acceptors (Lipinski definition) is 6. The van der Waals surface area contributed by atoms with Crippen LogP contribution >= 0.6 is 27.5 Å². The summed E-state index contributed by atoms with van der Waals surface area (Å²) in [5.74, 6) is 2.55. The van der Waals surface area contributed by atoms with Crippen molar-refractivity contribution in [3.05, 3.63) is 76.0 Å². The summed E-state index contributed by atoms with van der Waals surface area (Å²) >= 11 is 10.0. The summed E-state index contributed by atoms with van der Waals surface area (Å²) in [7, 11) is 0. The average molecular weight is 529 g/mol. The Kier molecular flexibility index (Phi) is 7.52. The first kappa shape index (κ1) is 23.1. The maximum atomic E-state index is 6.50. The van der Waals surface area contributed by atoms with Gasteiger partial charge in [-0.3, -0.25) is 0 Å². The number of ether oxygens (including phenoxy) is 3. The van der Waals surface area contributed by atoms with Gasteiger partial charge in [-0.25, -0.2) is 9.97 Å². The summed E-state index contributed by atoms with van der Waals surface area (Å²) in [6.07, 6.45) is 1.51.